The number of nitrogens with one attached hydrogen (secondary N) is 1. The van der Waals surface area contributed by atoms with Crippen molar-refractivity contribution in [1.82, 2.24) is 9.55 Å². The van der Waals surface area contributed by atoms with E-state index < -0.39 is 49.3 Å². The summed E-state index contributed by atoms with van der Waals surface area (Å²) in [4.78, 5) is 44.1. The molecule has 0 saturated carbocycles. The van der Waals surface area contributed by atoms with Crippen LogP contribution in [-0.4, -0.2) is 57.0 Å². The summed E-state index contributed by atoms with van der Waals surface area (Å²) in [7, 11) is -2.83. The number of methoxy groups -OCH3 is 1. The fourth-order valence-corrected chi connectivity index (χ4v) is 4.13. The zero-order valence-electron chi connectivity index (χ0n) is 15.1. The van der Waals surface area contributed by atoms with Gasteiger partial charge in [0.2, 0.25) is 0 Å². The largest absolute Gasteiger partial charge is 0.374 e. The summed E-state index contributed by atoms with van der Waals surface area (Å²) in [6, 6.07) is 1.18. The van der Waals surface area contributed by atoms with Gasteiger partial charge < -0.3 is 24.0 Å². The van der Waals surface area contributed by atoms with Crippen molar-refractivity contribution < 1.29 is 28.6 Å². The second-order valence-electron chi connectivity index (χ2n) is 6.68. The molecule has 2 heterocycles. The second kappa shape index (κ2) is 8.16. The van der Waals surface area contributed by atoms with Gasteiger partial charge in [0, 0.05) is 19.4 Å². The normalized spacial score (nSPS) is 27.8. The van der Waals surface area contributed by atoms with Crippen LogP contribution in [0.15, 0.2) is 21.9 Å². The molecule has 1 aliphatic rings. The summed E-state index contributed by atoms with van der Waals surface area (Å²) in [6.07, 6.45) is -2.26. The van der Waals surface area contributed by atoms with E-state index in [2.05, 4.69) is 4.98 Å². The molecule has 1 unspecified atom stereocenters. The van der Waals surface area contributed by atoms with E-state index in [9.17, 15) is 23.9 Å². The van der Waals surface area contributed by atoms with Crippen molar-refractivity contribution in [2.24, 2.45) is 5.92 Å². The van der Waals surface area contributed by atoms with E-state index in [1.165, 1.54) is 23.9 Å². The summed E-state index contributed by atoms with van der Waals surface area (Å²) < 4.78 is 29.9. The van der Waals surface area contributed by atoms with Crippen LogP contribution in [0.25, 0.3) is 0 Å². The van der Waals surface area contributed by atoms with Crippen LogP contribution in [0.5, 0.6) is 0 Å². The summed E-state index contributed by atoms with van der Waals surface area (Å²) in [5.41, 5.74) is -1.21. The molecule has 10 nitrogen and oxygen atoms in total. The molecular weight excluding hydrogens is 367 g/mol. The van der Waals surface area contributed by atoms with Crippen molar-refractivity contribution in [3.8, 4) is 0 Å². The molecule has 0 aliphatic carbocycles. The molecule has 1 aliphatic heterocycles. The number of aromatic nitrogens is 2. The van der Waals surface area contributed by atoms with Crippen LogP contribution in [0.2, 0.25) is 0 Å². The van der Waals surface area contributed by atoms with Gasteiger partial charge in [-0.3, -0.25) is 18.9 Å². The zero-order chi connectivity index (χ0) is 19.6. The third kappa shape index (κ3) is 4.91. The lowest BCUT2D eigenvalue weighted by molar-refractivity contribution is -0.0844. The number of hydrogen-bond donors (Lipinski definition) is 3. The Balaban J connectivity index is 2.40. The van der Waals surface area contributed by atoms with Crippen molar-refractivity contribution in [1.29, 1.82) is 0 Å². The van der Waals surface area contributed by atoms with Crippen molar-refractivity contribution in [3.05, 3.63) is 33.1 Å². The molecule has 0 bridgehead atoms. The first kappa shape index (κ1) is 21.0. The van der Waals surface area contributed by atoms with Gasteiger partial charge in [-0.2, -0.15) is 0 Å². The summed E-state index contributed by atoms with van der Waals surface area (Å²) in [6.45, 7) is 5.28. The summed E-state index contributed by atoms with van der Waals surface area (Å²) in [5, 5.41) is 0. The molecule has 1 aromatic heterocycles. The lowest BCUT2D eigenvalue weighted by Gasteiger charge is -2.28. The van der Waals surface area contributed by atoms with E-state index in [-0.39, 0.29) is 12.3 Å². The molecule has 0 radical (unpaired) electrons. The smallest absolute Gasteiger partial charge is 0.330 e. The Morgan fingerprint density at radius 3 is 2.46 bits per heavy atom. The van der Waals surface area contributed by atoms with E-state index in [4.69, 9.17) is 14.2 Å². The molecule has 0 amide bonds. The summed E-state index contributed by atoms with van der Waals surface area (Å²) in [5.74, 6) is -0.555. The Hall–Kier alpha value is -1.29. The number of ether oxygens (including phenoxy) is 3. The van der Waals surface area contributed by atoms with Crippen LogP contribution in [0.3, 0.4) is 0 Å². The van der Waals surface area contributed by atoms with Gasteiger partial charge in [-0.25, -0.2) is 4.79 Å². The van der Waals surface area contributed by atoms with Gasteiger partial charge in [0.25, 0.3) is 5.56 Å². The zero-order valence-corrected chi connectivity index (χ0v) is 16.0. The van der Waals surface area contributed by atoms with Gasteiger partial charge in [-0.15, -0.1) is 0 Å². The number of aromatic amines is 1. The summed E-state index contributed by atoms with van der Waals surface area (Å²) >= 11 is 0. The van der Waals surface area contributed by atoms with Crippen LogP contribution in [0.4, 0.5) is 0 Å². The van der Waals surface area contributed by atoms with Crippen molar-refractivity contribution >= 4 is 7.60 Å². The lowest BCUT2D eigenvalue weighted by atomic mass is 9.99. The van der Waals surface area contributed by atoms with Gasteiger partial charge in [0.1, 0.15) is 12.2 Å². The average molecular weight is 392 g/mol. The Morgan fingerprint density at radius 2 is 1.96 bits per heavy atom. The third-order valence-electron chi connectivity index (χ3n) is 4.14. The first-order valence-electron chi connectivity index (χ1n) is 8.23. The molecule has 148 valence electrons. The number of H-pyrrole nitrogens is 1. The van der Waals surface area contributed by atoms with E-state index in [1.54, 1.807) is 6.92 Å². The molecule has 26 heavy (non-hydrogen) atoms. The van der Waals surface area contributed by atoms with Crippen molar-refractivity contribution in [2.75, 3.05) is 13.3 Å². The molecule has 0 spiro atoms. The molecule has 1 aromatic rings. The minimum absolute atomic E-state index is 0.197. The number of hydrogen-bond acceptors (Lipinski definition) is 6. The maximum Gasteiger partial charge on any atom is 0.330 e. The monoisotopic (exact) mass is 392 g/mol. The highest BCUT2D eigenvalue weighted by Crippen LogP contribution is 2.43. The topological polar surface area (TPSA) is 140 Å². The molecular formula is C15H25N2O8P. The minimum Gasteiger partial charge on any atom is -0.374 e. The van der Waals surface area contributed by atoms with E-state index in [0.29, 0.717) is 0 Å². The molecule has 0 aromatic carbocycles. The fourth-order valence-electron chi connectivity index (χ4n) is 3.17. The minimum atomic E-state index is -4.26. The first-order chi connectivity index (χ1) is 12.0. The maximum atomic E-state index is 12.1. The Labute approximate surface area is 150 Å². The van der Waals surface area contributed by atoms with E-state index in [0.717, 1.165) is 0 Å². The molecule has 3 N–H and O–H groups in total. The quantitative estimate of drug-likeness (QED) is 0.553. The average Bonchev–Trinajstić information content (AvgIpc) is 2.83. The van der Waals surface area contributed by atoms with Gasteiger partial charge in [-0.1, -0.05) is 6.92 Å². The molecule has 1 saturated heterocycles. The fraction of sp³-hybridized carbons (Fsp3) is 0.733. The third-order valence-corrected chi connectivity index (χ3v) is 5.19. The SMILES string of the molecule is COC1[C@@H](OC(C)C)[C@@H]([C@H](C)CP(=O)(O)O)O[C@H]1n1ccc(=O)[nH]c1=O. The highest BCUT2D eigenvalue weighted by molar-refractivity contribution is 7.51. The Morgan fingerprint density at radius 1 is 1.31 bits per heavy atom. The van der Waals surface area contributed by atoms with Gasteiger partial charge >= 0.3 is 13.3 Å². The van der Waals surface area contributed by atoms with Crippen LogP contribution in [0, 0.1) is 5.92 Å². The van der Waals surface area contributed by atoms with E-state index >= 15 is 0 Å². The van der Waals surface area contributed by atoms with Gasteiger partial charge in [0.05, 0.1) is 18.4 Å². The van der Waals surface area contributed by atoms with Crippen LogP contribution < -0.4 is 11.2 Å². The number of nitrogens with zero attached hydrogens (tertiary/aromatic N) is 1. The van der Waals surface area contributed by atoms with Crippen molar-refractivity contribution in [3.63, 3.8) is 0 Å². The second-order valence-corrected chi connectivity index (χ2v) is 8.38. The molecule has 11 heteroatoms. The van der Waals surface area contributed by atoms with Crippen LogP contribution in [-0.2, 0) is 18.8 Å². The molecule has 1 fully saturated rings. The van der Waals surface area contributed by atoms with E-state index in [1.807, 2.05) is 13.8 Å². The standard InChI is InChI=1S/C15H25N2O8P/c1-8(2)24-12-11(9(3)7-26(20,21)22)25-14(13(12)23-4)17-6-5-10(18)16-15(17)19/h5-6,8-9,11-14H,7H2,1-4H3,(H,16,18,19)(H2,20,21,22)/t9-,11-,12+,13?,14-/m1/s1. The highest BCUT2D eigenvalue weighted by atomic mass is 31.2. The Bertz CT molecular complexity index is 769. The first-order valence-corrected chi connectivity index (χ1v) is 10.0. The lowest BCUT2D eigenvalue weighted by Crippen LogP contribution is -2.42. The predicted octanol–water partition coefficient (Wildman–Crippen LogP) is 0.0564. The van der Waals surface area contributed by atoms with Gasteiger partial charge in [0.15, 0.2) is 6.23 Å². The van der Waals surface area contributed by atoms with Gasteiger partial charge in [-0.05, 0) is 19.8 Å². The molecule has 5 atom stereocenters. The maximum absolute atomic E-state index is 12.1. The van der Waals surface area contributed by atoms with Crippen LogP contribution >= 0.6 is 7.60 Å². The highest BCUT2D eigenvalue weighted by Gasteiger charge is 2.50. The van der Waals surface area contributed by atoms with Crippen LogP contribution in [0.1, 0.15) is 27.0 Å². The predicted molar refractivity (Wildman–Crippen MR) is 92.1 cm³/mol. The Kier molecular flexibility index (Phi) is 6.60. The van der Waals surface area contributed by atoms with Crippen molar-refractivity contribution in [2.45, 2.75) is 51.4 Å². The number of rotatable bonds is 7. The molecule has 2 rings (SSSR count).